The van der Waals surface area contributed by atoms with Gasteiger partial charge in [0, 0.05) is 23.1 Å². The van der Waals surface area contributed by atoms with Gasteiger partial charge in [-0.05, 0) is 29.0 Å². The van der Waals surface area contributed by atoms with E-state index in [4.69, 9.17) is 20.8 Å². The van der Waals surface area contributed by atoms with E-state index in [9.17, 15) is 19.7 Å². The van der Waals surface area contributed by atoms with E-state index in [-0.39, 0.29) is 17.2 Å². The number of nitro groups is 1. The van der Waals surface area contributed by atoms with Crippen molar-refractivity contribution in [3.63, 3.8) is 0 Å². The number of hydrogen-bond acceptors (Lipinski definition) is 6. The van der Waals surface area contributed by atoms with E-state index in [1.807, 2.05) is 30.3 Å². The fraction of sp³-hybridized carbons (Fsp3) is 0.0476. The predicted octanol–water partition coefficient (Wildman–Crippen LogP) is 4.86. The summed E-state index contributed by atoms with van der Waals surface area (Å²) in [7, 11) is 0. The maximum atomic E-state index is 12.4. The molecule has 0 N–H and O–H groups in total. The second-order valence-corrected chi connectivity index (χ2v) is 6.66. The molecule has 0 aliphatic rings. The molecule has 0 aliphatic heterocycles. The standard InChI is InChI=1S/C21H12ClNO6/c22-16-7-5-13(9-17(16)23(26)27)21(25)28-11-14-10-19(24)29-18-8-6-12-3-1-2-4-15(12)20(14)18/h1-10H,11H2. The Morgan fingerprint density at radius 2 is 1.90 bits per heavy atom. The van der Waals surface area contributed by atoms with Gasteiger partial charge in [0.05, 0.1) is 10.5 Å². The zero-order valence-electron chi connectivity index (χ0n) is 14.8. The van der Waals surface area contributed by atoms with Crippen molar-refractivity contribution in [1.82, 2.24) is 0 Å². The summed E-state index contributed by atoms with van der Waals surface area (Å²) in [5.74, 6) is -0.772. The number of ether oxygens (including phenoxy) is 1. The molecule has 0 atom stereocenters. The molecule has 8 heteroatoms. The molecule has 0 saturated heterocycles. The average molecular weight is 410 g/mol. The van der Waals surface area contributed by atoms with Crippen LogP contribution in [0.5, 0.6) is 0 Å². The van der Waals surface area contributed by atoms with Crippen LogP contribution in [0.2, 0.25) is 5.02 Å². The van der Waals surface area contributed by atoms with E-state index < -0.39 is 22.2 Å². The monoisotopic (exact) mass is 409 g/mol. The Kier molecular flexibility index (Phi) is 4.74. The fourth-order valence-electron chi connectivity index (χ4n) is 3.14. The number of esters is 1. The van der Waals surface area contributed by atoms with Crippen LogP contribution in [0.4, 0.5) is 5.69 Å². The SMILES string of the molecule is O=C(OCc1cc(=O)oc2ccc3ccccc3c12)c1ccc(Cl)c([N+](=O)[O-])c1. The van der Waals surface area contributed by atoms with Crippen LogP contribution in [0.1, 0.15) is 15.9 Å². The molecule has 0 bridgehead atoms. The Balaban J connectivity index is 1.71. The topological polar surface area (TPSA) is 99.7 Å². The first-order valence-corrected chi connectivity index (χ1v) is 8.87. The van der Waals surface area contributed by atoms with Gasteiger partial charge in [-0.2, -0.15) is 0 Å². The molecule has 144 valence electrons. The minimum Gasteiger partial charge on any atom is -0.457 e. The third-order valence-corrected chi connectivity index (χ3v) is 4.77. The Morgan fingerprint density at radius 3 is 2.69 bits per heavy atom. The highest BCUT2D eigenvalue weighted by Crippen LogP contribution is 2.29. The summed E-state index contributed by atoms with van der Waals surface area (Å²) in [5.41, 5.74) is -0.119. The fourth-order valence-corrected chi connectivity index (χ4v) is 3.33. The predicted molar refractivity (Wildman–Crippen MR) is 107 cm³/mol. The maximum Gasteiger partial charge on any atom is 0.338 e. The van der Waals surface area contributed by atoms with Crippen LogP contribution in [0.3, 0.4) is 0 Å². The number of carbonyl (C=O) groups excluding carboxylic acids is 1. The molecule has 0 radical (unpaired) electrons. The zero-order valence-corrected chi connectivity index (χ0v) is 15.5. The van der Waals surface area contributed by atoms with Crippen LogP contribution in [0, 0.1) is 10.1 Å². The molecule has 3 aromatic carbocycles. The number of fused-ring (bicyclic) bond motifs is 3. The van der Waals surface area contributed by atoms with Crippen molar-refractivity contribution in [3.8, 4) is 0 Å². The highest BCUT2D eigenvalue weighted by molar-refractivity contribution is 6.32. The number of halogens is 1. The number of hydrogen-bond donors (Lipinski definition) is 0. The van der Waals surface area contributed by atoms with Crippen molar-refractivity contribution in [2.45, 2.75) is 6.61 Å². The lowest BCUT2D eigenvalue weighted by Crippen LogP contribution is -2.08. The van der Waals surface area contributed by atoms with Gasteiger partial charge in [0.25, 0.3) is 5.69 Å². The van der Waals surface area contributed by atoms with E-state index in [1.165, 1.54) is 18.2 Å². The first kappa shape index (κ1) is 18.6. The second-order valence-electron chi connectivity index (χ2n) is 6.25. The Morgan fingerprint density at radius 1 is 1.10 bits per heavy atom. The Bertz CT molecular complexity index is 1340. The van der Waals surface area contributed by atoms with Crippen molar-refractivity contribution in [2.24, 2.45) is 0 Å². The van der Waals surface area contributed by atoms with E-state index in [0.717, 1.165) is 16.8 Å². The number of nitrogens with zero attached hydrogens (tertiary/aromatic N) is 1. The van der Waals surface area contributed by atoms with Crippen molar-refractivity contribution < 1.29 is 18.9 Å². The lowest BCUT2D eigenvalue weighted by Gasteiger charge is -2.10. The molecule has 0 spiro atoms. The van der Waals surface area contributed by atoms with Crippen molar-refractivity contribution in [3.05, 3.63) is 97.3 Å². The van der Waals surface area contributed by atoms with Gasteiger partial charge in [-0.25, -0.2) is 9.59 Å². The number of rotatable bonds is 4. The summed E-state index contributed by atoms with van der Waals surface area (Å²) >= 11 is 5.77. The molecule has 0 saturated carbocycles. The first-order chi connectivity index (χ1) is 13.9. The first-order valence-electron chi connectivity index (χ1n) is 8.49. The molecule has 1 heterocycles. The quantitative estimate of drug-likeness (QED) is 0.157. The van der Waals surface area contributed by atoms with Gasteiger partial charge in [-0.3, -0.25) is 10.1 Å². The molecule has 0 aliphatic carbocycles. The normalized spacial score (nSPS) is 10.9. The van der Waals surface area contributed by atoms with E-state index in [1.54, 1.807) is 6.07 Å². The largest absolute Gasteiger partial charge is 0.457 e. The summed E-state index contributed by atoms with van der Waals surface area (Å²) in [6, 6.07) is 16.0. The van der Waals surface area contributed by atoms with Crippen LogP contribution in [-0.2, 0) is 11.3 Å². The van der Waals surface area contributed by atoms with E-state index in [0.29, 0.717) is 16.5 Å². The molecular formula is C21H12ClNO6. The van der Waals surface area contributed by atoms with Crippen molar-refractivity contribution in [2.75, 3.05) is 0 Å². The molecule has 4 rings (SSSR count). The summed E-state index contributed by atoms with van der Waals surface area (Å²) < 4.78 is 10.6. The van der Waals surface area contributed by atoms with Gasteiger partial charge in [0.15, 0.2) is 0 Å². The molecule has 4 aromatic rings. The van der Waals surface area contributed by atoms with Crippen molar-refractivity contribution >= 4 is 45.0 Å². The molecule has 0 unspecified atom stereocenters. The zero-order chi connectivity index (χ0) is 20.5. The van der Waals surface area contributed by atoms with Gasteiger partial charge in [0.1, 0.15) is 17.2 Å². The minimum atomic E-state index is -0.772. The summed E-state index contributed by atoms with van der Waals surface area (Å²) in [6.07, 6.45) is 0. The van der Waals surface area contributed by atoms with Gasteiger partial charge in [0.2, 0.25) is 0 Å². The molecule has 0 fully saturated rings. The Hall–Kier alpha value is -3.71. The van der Waals surface area contributed by atoms with Gasteiger partial charge in [-0.1, -0.05) is 41.9 Å². The third kappa shape index (κ3) is 3.55. The smallest absolute Gasteiger partial charge is 0.338 e. The lowest BCUT2D eigenvalue weighted by atomic mass is 10.0. The molecule has 1 aromatic heterocycles. The minimum absolute atomic E-state index is 0.0155. The van der Waals surface area contributed by atoms with Gasteiger partial charge in [-0.15, -0.1) is 0 Å². The van der Waals surface area contributed by atoms with Crippen LogP contribution >= 0.6 is 11.6 Å². The van der Waals surface area contributed by atoms with Crippen LogP contribution in [-0.4, -0.2) is 10.9 Å². The second kappa shape index (κ2) is 7.37. The summed E-state index contributed by atoms with van der Waals surface area (Å²) in [6.45, 7) is -0.203. The molecule has 7 nitrogen and oxygen atoms in total. The van der Waals surface area contributed by atoms with E-state index >= 15 is 0 Å². The number of nitro benzene ring substituents is 1. The third-order valence-electron chi connectivity index (χ3n) is 4.45. The highest BCUT2D eigenvalue weighted by Gasteiger charge is 2.18. The van der Waals surface area contributed by atoms with Crippen LogP contribution in [0.15, 0.2) is 69.9 Å². The van der Waals surface area contributed by atoms with Crippen molar-refractivity contribution in [1.29, 1.82) is 0 Å². The molecular weight excluding hydrogens is 398 g/mol. The summed E-state index contributed by atoms with van der Waals surface area (Å²) in [4.78, 5) is 34.6. The van der Waals surface area contributed by atoms with Gasteiger partial charge >= 0.3 is 11.6 Å². The average Bonchev–Trinajstić information content (AvgIpc) is 2.71. The maximum absolute atomic E-state index is 12.4. The molecule has 0 amide bonds. The molecule has 29 heavy (non-hydrogen) atoms. The Labute approximate surface area is 168 Å². The number of carbonyl (C=O) groups is 1. The highest BCUT2D eigenvalue weighted by atomic mass is 35.5. The van der Waals surface area contributed by atoms with Gasteiger partial charge < -0.3 is 9.15 Å². The van der Waals surface area contributed by atoms with Crippen LogP contribution in [0.25, 0.3) is 21.7 Å². The van der Waals surface area contributed by atoms with E-state index in [2.05, 4.69) is 0 Å². The van der Waals surface area contributed by atoms with Crippen LogP contribution < -0.4 is 5.63 Å². The number of benzene rings is 3. The lowest BCUT2D eigenvalue weighted by molar-refractivity contribution is -0.384. The summed E-state index contributed by atoms with van der Waals surface area (Å²) in [5, 5.41) is 13.4.